The molecule has 4 aromatic rings. The summed E-state index contributed by atoms with van der Waals surface area (Å²) in [5.74, 6) is 0.549. The first-order valence-corrected chi connectivity index (χ1v) is 9.35. The molecule has 2 aromatic carbocycles. The maximum absolute atomic E-state index is 13.0. The number of nitrogens with zero attached hydrogens (tertiary/aromatic N) is 1. The average Bonchev–Trinajstić information content (AvgIpc) is 3.31. The van der Waals surface area contributed by atoms with Crippen molar-refractivity contribution in [1.29, 1.82) is 0 Å². The molecule has 0 aliphatic carbocycles. The molecule has 0 spiro atoms. The van der Waals surface area contributed by atoms with Crippen molar-refractivity contribution in [1.82, 2.24) is 20.3 Å². The summed E-state index contributed by atoms with van der Waals surface area (Å²) >= 11 is 6.25. The molecule has 6 nitrogen and oxygen atoms in total. The lowest BCUT2D eigenvalue weighted by Crippen LogP contribution is -2.24. The van der Waals surface area contributed by atoms with Crippen molar-refractivity contribution in [3.8, 4) is 11.4 Å². The number of hydrogen-bond donors (Lipinski definition) is 4. The number of aromatic nitrogens is 3. The van der Waals surface area contributed by atoms with E-state index in [1.165, 1.54) is 0 Å². The summed E-state index contributed by atoms with van der Waals surface area (Å²) < 4.78 is 0. The van der Waals surface area contributed by atoms with Gasteiger partial charge in [-0.15, -0.1) is 0 Å². The van der Waals surface area contributed by atoms with Crippen LogP contribution in [0.2, 0.25) is 5.02 Å². The van der Waals surface area contributed by atoms with E-state index in [0.717, 1.165) is 47.1 Å². The molecular weight excluding hydrogens is 362 g/mol. The average molecular weight is 380 g/mol. The van der Waals surface area contributed by atoms with E-state index in [1.807, 2.05) is 36.4 Å². The van der Waals surface area contributed by atoms with Gasteiger partial charge in [-0.25, -0.2) is 4.98 Å². The van der Waals surface area contributed by atoms with Crippen LogP contribution >= 0.6 is 11.6 Å². The number of pyridine rings is 1. The first kappa shape index (κ1) is 16.4. The molecule has 5 rings (SSSR count). The molecule has 0 amide bonds. The molecule has 27 heavy (non-hydrogen) atoms. The van der Waals surface area contributed by atoms with Crippen LogP contribution in [-0.2, 0) is 0 Å². The maximum Gasteiger partial charge on any atom is 0.261 e. The lowest BCUT2D eigenvalue weighted by Gasteiger charge is -2.18. The summed E-state index contributed by atoms with van der Waals surface area (Å²) in [7, 11) is 0. The molecule has 0 radical (unpaired) electrons. The highest BCUT2D eigenvalue weighted by Crippen LogP contribution is 2.33. The molecule has 0 saturated carbocycles. The second-order valence-corrected chi connectivity index (χ2v) is 7.27. The number of imidazole rings is 1. The van der Waals surface area contributed by atoms with Gasteiger partial charge in [-0.1, -0.05) is 23.7 Å². The fraction of sp³-hybridized carbons (Fsp3) is 0.200. The Balaban J connectivity index is 1.78. The molecule has 3 heterocycles. The zero-order chi connectivity index (χ0) is 18.4. The first-order valence-electron chi connectivity index (χ1n) is 8.97. The Bertz CT molecular complexity index is 1170. The van der Waals surface area contributed by atoms with Gasteiger partial charge < -0.3 is 20.6 Å². The molecule has 1 aliphatic rings. The molecule has 1 fully saturated rings. The quantitative estimate of drug-likeness (QED) is 0.439. The molecule has 4 N–H and O–H groups in total. The minimum absolute atomic E-state index is 0.183. The van der Waals surface area contributed by atoms with Crippen LogP contribution in [0.15, 0.2) is 47.3 Å². The number of aromatic amines is 2. The van der Waals surface area contributed by atoms with E-state index in [0.29, 0.717) is 16.4 Å². The van der Waals surface area contributed by atoms with Crippen molar-refractivity contribution in [3.63, 3.8) is 0 Å². The minimum Gasteiger partial charge on any atom is -0.380 e. The van der Waals surface area contributed by atoms with Gasteiger partial charge in [-0.05, 0) is 43.3 Å². The molecule has 1 saturated heterocycles. The third-order valence-corrected chi connectivity index (χ3v) is 5.25. The first-order chi connectivity index (χ1) is 13.2. The molecule has 2 aromatic heterocycles. The van der Waals surface area contributed by atoms with Gasteiger partial charge >= 0.3 is 0 Å². The molecule has 0 unspecified atom stereocenters. The third-order valence-electron chi connectivity index (χ3n) is 5.01. The van der Waals surface area contributed by atoms with Crippen LogP contribution in [0, 0.1) is 0 Å². The fourth-order valence-corrected chi connectivity index (χ4v) is 3.87. The number of rotatable bonds is 3. The summed E-state index contributed by atoms with van der Waals surface area (Å²) in [4.78, 5) is 23.9. The summed E-state index contributed by atoms with van der Waals surface area (Å²) in [6, 6.07) is 13.5. The van der Waals surface area contributed by atoms with Gasteiger partial charge in [0.25, 0.3) is 5.56 Å². The second-order valence-electron chi connectivity index (χ2n) is 6.83. The number of halogens is 1. The Hall–Kier alpha value is -2.83. The van der Waals surface area contributed by atoms with Crippen LogP contribution in [-0.4, -0.2) is 34.1 Å². The van der Waals surface area contributed by atoms with Crippen molar-refractivity contribution in [2.24, 2.45) is 0 Å². The van der Waals surface area contributed by atoms with Gasteiger partial charge in [0.05, 0.1) is 22.2 Å². The fourth-order valence-electron chi connectivity index (χ4n) is 3.69. The largest absolute Gasteiger partial charge is 0.380 e. The normalized spacial score (nSPS) is 17.0. The summed E-state index contributed by atoms with van der Waals surface area (Å²) in [6.07, 6.45) is 0.994. The van der Waals surface area contributed by atoms with Crippen LogP contribution in [0.25, 0.3) is 33.3 Å². The predicted molar refractivity (Wildman–Crippen MR) is 110 cm³/mol. The highest BCUT2D eigenvalue weighted by molar-refractivity contribution is 6.31. The van der Waals surface area contributed by atoms with Crippen molar-refractivity contribution >= 4 is 39.2 Å². The van der Waals surface area contributed by atoms with Crippen molar-refractivity contribution in [3.05, 3.63) is 57.8 Å². The van der Waals surface area contributed by atoms with Crippen LogP contribution in [0.4, 0.5) is 5.69 Å². The summed E-state index contributed by atoms with van der Waals surface area (Å²) in [6.45, 7) is 1.81. The summed E-state index contributed by atoms with van der Waals surface area (Å²) in [5.41, 5.74) is 3.56. The molecule has 136 valence electrons. The topological polar surface area (TPSA) is 85.6 Å². The summed E-state index contributed by atoms with van der Waals surface area (Å²) in [5, 5.41) is 8.41. The van der Waals surface area contributed by atoms with Gasteiger partial charge in [-0.3, -0.25) is 4.79 Å². The van der Waals surface area contributed by atoms with Gasteiger partial charge in [0, 0.05) is 23.0 Å². The van der Waals surface area contributed by atoms with E-state index in [9.17, 15) is 4.79 Å². The van der Waals surface area contributed by atoms with E-state index in [4.69, 9.17) is 11.6 Å². The van der Waals surface area contributed by atoms with Crippen LogP contribution in [0.5, 0.6) is 0 Å². The van der Waals surface area contributed by atoms with Crippen LogP contribution in [0.3, 0.4) is 0 Å². The number of para-hydroxylation sites is 2. The number of fused-ring (bicyclic) bond motifs is 2. The Kier molecular flexibility index (Phi) is 3.88. The van der Waals surface area contributed by atoms with Crippen molar-refractivity contribution in [2.75, 3.05) is 18.4 Å². The number of nitrogens with one attached hydrogen (secondary N) is 4. The Morgan fingerprint density at radius 3 is 2.81 bits per heavy atom. The van der Waals surface area contributed by atoms with E-state index in [1.54, 1.807) is 6.07 Å². The van der Waals surface area contributed by atoms with E-state index in [-0.39, 0.29) is 11.6 Å². The Morgan fingerprint density at radius 1 is 1.11 bits per heavy atom. The minimum atomic E-state index is -0.183. The predicted octanol–water partition coefficient (Wildman–Crippen LogP) is 3.50. The number of benzene rings is 2. The van der Waals surface area contributed by atoms with E-state index in [2.05, 4.69) is 25.6 Å². The lowest BCUT2D eigenvalue weighted by molar-refractivity contribution is 0.794. The van der Waals surface area contributed by atoms with Crippen LogP contribution in [0.1, 0.15) is 6.42 Å². The highest BCUT2D eigenvalue weighted by atomic mass is 35.5. The van der Waals surface area contributed by atoms with Gasteiger partial charge in [0.2, 0.25) is 0 Å². The molecule has 0 bridgehead atoms. The van der Waals surface area contributed by atoms with E-state index < -0.39 is 0 Å². The lowest BCUT2D eigenvalue weighted by atomic mass is 10.1. The Labute approximate surface area is 160 Å². The molecular formula is C20H18ClN5O. The maximum atomic E-state index is 13.0. The zero-order valence-electron chi connectivity index (χ0n) is 14.5. The zero-order valence-corrected chi connectivity index (χ0v) is 15.2. The molecule has 1 atom stereocenters. The Morgan fingerprint density at radius 2 is 2.00 bits per heavy atom. The molecule has 1 aliphatic heterocycles. The monoisotopic (exact) mass is 379 g/mol. The standard InChI is InChI=1S/C20H18ClN5O/c21-11-5-6-14-13(9-11)18(23-12-7-8-22-10-12)17(20(27)26-14)19-24-15-3-1-2-4-16(15)25-19/h1-6,9,12,22H,7-8,10H2,(H,24,25)(H2,23,26,27)/t12-/m1/s1. The van der Waals surface area contributed by atoms with Crippen LogP contribution < -0.4 is 16.2 Å². The van der Waals surface area contributed by atoms with Crippen molar-refractivity contribution < 1.29 is 0 Å². The molecule has 7 heteroatoms. The van der Waals surface area contributed by atoms with Gasteiger partial charge in [0.15, 0.2) is 0 Å². The SMILES string of the molecule is O=c1[nH]c2ccc(Cl)cc2c(N[C@@H]2CCNC2)c1-c1nc2ccccc2[nH]1. The van der Waals surface area contributed by atoms with Gasteiger partial charge in [-0.2, -0.15) is 0 Å². The van der Waals surface area contributed by atoms with Gasteiger partial charge in [0.1, 0.15) is 11.4 Å². The second kappa shape index (κ2) is 6.40. The third kappa shape index (κ3) is 2.87. The van der Waals surface area contributed by atoms with Crippen molar-refractivity contribution in [2.45, 2.75) is 12.5 Å². The number of H-pyrrole nitrogens is 2. The smallest absolute Gasteiger partial charge is 0.261 e. The number of anilines is 1. The number of hydrogen-bond acceptors (Lipinski definition) is 4. The van der Waals surface area contributed by atoms with E-state index >= 15 is 0 Å². The highest BCUT2D eigenvalue weighted by Gasteiger charge is 2.22.